The van der Waals surface area contributed by atoms with Crippen molar-refractivity contribution in [2.45, 2.75) is 45.6 Å². The second-order valence-corrected chi connectivity index (χ2v) is 6.17. The summed E-state index contributed by atoms with van der Waals surface area (Å²) in [6.07, 6.45) is 10.9. The van der Waals surface area contributed by atoms with Gasteiger partial charge in [-0.2, -0.15) is 0 Å². The Labute approximate surface area is 145 Å². The molecule has 4 heteroatoms. The zero-order chi connectivity index (χ0) is 17.2. The van der Waals surface area contributed by atoms with Gasteiger partial charge in [-0.05, 0) is 47.4 Å². The third-order valence-electron chi connectivity index (χ3n) is 4.21. The molecule has 0 aliphatic heterocycles. The summed E-state index contributed by atoms with van der Waals surface area (Å²) in [4.78, 5) is 8.69. The molecule has 0 aliphatic rings. The number of ether oxygens (including phenoxy) is 2. The number of aryl methyl sites for hydroxylation is 2. The van der Waals surface area contributed by atoms with E-state index in [0.717, 1.165) is 24.8 Å². The Bertz CT molecular complexity index is 616. The summed E-state index contributed by atoms with van der Waals surface area (Å²) in [5.74, 6) is 0.460. The maximum atomic E-state index is 5.58. The Morgan fingerprint density at radius 2 is 1.71 bits per heavy atom. The van der Waals surface area contributed by atoms with Crippen molar-refractivity contribution in [2.24, 2.45) is 0 Å². The number of pyridine rings is 2. The fourth-order valence-corrected chi connectivity index (χ4v) is 2.61. The van der Waals surface area contributed by atoms with Gasteiger partial charge in [0.05, 0.1) is 19.8 Å². The molecule has 1 atom stereocenters. The van der Waals surface area contributed by atoms with Crippen molar-refractivity contribution in [2.75, 3.05) is 20.3 Å². The van der Waals surface area contributed by atoms with Gasteiger partial charge in [0, 0.05) is 31.9 Å². The second kappa shape index (κ2) is 10.2. The minimum absolute atomic E-state index is 0.460. The number of nitrogens with zero attached hydrogens (tertiary/aromatic N) is 2. The quantitative estimate of drug-likeness (QED) is 0.620. The van der Waals surface area contributed by atoms with E-state index in [2.05, 4.69) is 35.9 Å². The lowest BCUT2D eigenvalue weighted by atomic mass is 9.94. The van der Waals surface area contributed by atoms with E-state index in [9.17, 15) is 0 Å². The topological polar surface area (TPSA) is 44.2 Å². The predicted octanol–water partition coefficient (Wildman–Crippen LogP) is 3.94. The first kappa shape index (κ1) is 18.6. The van der Waals surface area contributed by atoms with Crippen LogP contribution in [0.3, 0.4) is 0 Å². The molecule has 1 unspecified atom stereocenters. The highest BCUT2D eigenvalue weighted by atomic mass is 16.5. The van der Waals surface area contributed by atoms with E-state index in [1.807, 2.05) is 24.8 Å². The lowest BCUT2D eigenvalue weighted by Gasteiger charge is -2.13. The Hall–Kier alpha value is -1.78. The molecular weight excluding hydrogens is 300 g/mol. The Morgan fingerprint density at radius 1 is 0.958 bits per heavy atom. The van der Waals surface area contributed by atoms with Crippen LogP contribution in [0.5, 0.6) is 0 Å². The average Bonchev–Trinajstić information content (AvgIpc) is 2.63. The van der Waals surface area contributed by atoms with Crippen molar-refractivity contribution in [3.63, 3.8) is 0 Å². The third-order valence-corrected chi connectivity index (χ3v) is 4.21. The molecule has 0 spiro atoms. The Morgan fingerprint density at radius 3 is 2.50 bits per heavy atom. The van der Waals surface area contributed by atoms with Crippen LogP contribution in [0.15, 0.2) is 36.9 Å². The average molecular weight is 328 g/mol. The van der Waals surface area contributed by atoms with E-state index < -0.39 is 0 Å². The molecular formula is C20H28N2O2. The van der Waals surface area contributed by atoms with Gasteiger partial charge in [-0.1, -0.05) is 26.0 Å². The second-order valence-electron chi connectivity index (χ2n) is 6.17. The summed E-state index contributed by atoms with van der Waals surface area (Å²) in [6.45, 7) is 6.23. The molecule has 0 saturated heterocycles. The van der Waals surface area contributed by atoms with E-state index in [-0.39, 0.29) is 0 Å². The number of hydrogen-bond acceptors (Lipinski definition) is 4. The Kier molecular flexibility index (Phi) is 7.86. The molecule has 0 N–H and O–H groups in total. The van der Waals surface area contributed by atoms with Crippen LogP contribution in [0.2, 0.25) is 0 Å². The van der Waals surface area contributed by atoms with E-state index in [0.29, 0.717) is 25.7 Å². The maximum absolute atomic E-state index is 5.58. The molecule has 4 nitrogen and oxygen atoms in total. The summed E-state index contributed by atoms with van der Waals surface area (Å²) in [5.41, 5.74) is 5.00. The number of aromatic nitrogens is 2. The summed E-state index contributed by atoms with van der Waals surface area (Å²) >= 11 is 0. The first-order valence-electron chi connectivity index (χ1n) is 8.66. The zero-order valence-corrected chi connectivity index (χ0v) is 15.0. The lowest BCUT2D eigenvalue weighted by Crippen LogP contribution is -2.03. The Balaban J connectivity index is 1.88. The van der Waals surface area contributed by atoms with Crippen LogP contribution in [0, 0.1) is 0 Å². The van der Waals surface area contributed by atoms with Crippen LogP contribution in [-0.4, -0.2) is 30.3 Å². The summed E-state index contributed by atoms with van der Waals surface area (Å²) in [7, 11) is 1.68. The zero-order valence-electron chi connectivity index (χ0n) is 15.0. The van der Waals surface area contributed by atoms with Crippen molar-refractivity contribution in [1.29, 1.82) is 0 Å². The van der Waals surface area contributed by atoms with E-state index in [1.54, 1.807) is 7.11 Å². The summed E-state index contributed by atoms with van der Waals surface area (Å²) < 4.78 is 10.6. The van der Waals surface area contributed by atoms with Gasteiger partial charge >= 0.3 is 0 Å². The van der Waals surface area contributed by atoms with Gasteiger partial charge < -0.3 is 9.47 Å². The standard InChI is InChI=1S/C20H28N2O2/c1-4-17-9-18(12-21-11-17)6-5-16(2)20-10-19(13-22-14-20)15-24-8-7-23-3/h9-14,16H,4-8,15H2,1-3H3. The molecule has 0 aromatic carbocycles. The van der Waals surface area contributed by atoms with Gasteiger partial charge in [-0.15, -0.1) is 0 Å². The van der Waals surface area contributed by atoms with Gasteiger partial charge in [-0.3, -0.25) is 9.97 Å². The van der Waals surface area contributed by atoms with Crippen molar-refractivity contribution >= 4 is 0 Å². The molecule has 2 rings (SSSR count). The number of methoxy groups -OCH3 is 1. The lowest BCUT2D eigenvalue weighted by molar-refractivity contribution is 0.0615. The molecule has 130 valence electrons. The van der Waals surface area contributed by atoms with E-state index >= 15 is 0 Å². The first-order valence-corrected chi connectivity index (χ1v) is 8.66. The minimum Gasteiger partial charge on any atom is -0.382 e. The molecule has 0 bridgehead atoms. The van der Waals surface area contributed by atoms with Crippen LogP contribution in [-0.2, 0) is 28.9 Å². The van der Waals surface area contributed by atoms with Gasteiger partial charge in [0.15, 0.2) is 0 Å². The van der Waals surface area contributed by atoms with Gasteiger partial charge in [0.1, 0.15) is 0 Å². The van der Waals surface area contributed by atoms with Crippen LogP contribution >= 0.6 is 0 Å². The van der Waals surface area contributed by atoms with Gasteiger partial charge in [0.25, 0.3) is 0 Å². The van der Waals surface area contributed by atoms with Crippen molar-refractivity contribution in [3.8, 4) is 0 Å². The van der Waals surface area contributed by atoms with Gasteiger partial charge in [-0.25, -0.2) is 0 Å². The fourth-order valence-electron chi connectivity index (χ4n) is 2.61. The summed E-state index contributed by atoms with van der Waals surface area (Å²) in [6, 6.07) is 4.46. The minimum atomic E-state index is 0.460. The maximum Gasteiger partial charge on any atom is 0.0733 e. The first-order chi connectivity index (χ1) is 11.7. The molecule has 2 aromatic heterocycles. The van der Waals surface area contributed by atoms with Crippen LogP contribution in [0.25, 0.3) is 0 Å². The highest BCUT2D eigenvalue weighted by Gasteiger charge is 2.08. The highest BCUT2D eigenvalue weighted by Crippen LogP contribution is 2.21. The van der Waals surface area contributed by atoms with Gasteiger partial charge in [0.2, 0.25) is 0 Å². The summed E-state index contributed by atoms with van der Waals surface area (Å²) in [5, 5.41) is 0. The van der Waals surface area contributed by atoms with Crippen LogP contribution in [0.4, 0.5) is 0 Å². The molecule has 0 aliphatic carbocycles. The molecule has 0 fully saturated rings. The van der Waals surface area contributed by atoms with Crippen LogP contribution in [0.1, 0.15) is 48.4 Å². The SMILES string of the molecule is CCc1cncc(CCC(C)c2cncc(COCCOC)c2)c1. The molecule has 2 aromatic rings. The van der Waals surface area contributed by atoms with E-state index in [4.69, 9.17) is 9.47 Å². The fraction of sp³-hybridized carbons (Fsp3) is 0.500. The molecule has 24 heavy (non-hydrogen) atoms. The third kappa shape index (κ3) is 6.02. The largest absolute Gasteiger partial charge is 0.382 e. The molecule has 0 saturated carbocycles. The molecule has 0 radical (unpaired) electrons. The predicted molar refractivity (Wildman–Crippen MR) is 96.1 cm³/mol. The molecule has 2 heterocycles. The van der Waals surface area contributed by atoms with Crippen molar-refractivity contribution in [3.05, 3.63) is 59.2 Å². The van der Waals surface area contributed by atoms with Crippen molar-refractivity contribution in [1.82, 2.24) is 9.97 Å². The molecule has 0 amide bonds. The normalized spacial score (nSPS) is 12.3. The van der Waals surface area contributed by atoms with Crippen LogP contribution < -0.4 is 0 Å². The smallest absolute Gasteiger partial charge is 0.0733 e. The number of rotatable bonds is 10. The van der Waals surface area contributed by atoms with E-state index in [1.165, 1.54) is 16.7 Å². The highest BCUT2D eigenvalue weighted by molar-refractivity contribution is 5.22. The number of hydrogen-bond donors (Lipinski definition) is 0. The van der Waals surface area contributed by atoms with Crippen molar-refractivity contribution < 1.29 is 9.47 Å². The monoisotopic (exact) mass is 328 g/mol.